The minimum absolute atomic E-state index is 0.322. The second-order valence-electron chi connectivity index (χ2n) is 6.34. The Morgan fingerprint density at radius 3 is 2.40 bits per heavy atom. The Morgan fingerprint density at radius 2 is 1.68 bits per heavy atom. The number of aromatic nitrogens is 1. The molecule has 2 aromatic carbocycles. The van der Waals surface area contributed by atoms with Crippen molar-refractivity contribution in [3.05, 3.63) is 54.6 Å². The highest BCUT2D eigenvalue weighted by atomic mass is 32.2. The number of rotatable bonds is 3. The first-order chi connectivity index (χ1) is 12.1. The minimum Gasteiger partial charge on any atom is -0.369 e. The van der Waals surface area contributed by atoms with Gasteiger partial charge in [-0.2, -0.15) is 0 Å². The average Bonchev–Trinajstić information content (AvgIpc) is 3.00. The monoisotopic (exact) mass is 355 g/mol. The van der Waals surface area contributed by atoms with Gasteiger partial charge in [-0.15, -0.1) is 0 Å². The zero-order valence-corrected chi connectivity index (χ0v) is 15.0. The highest BCUT2D eigenvalue weighted by molar-refractivity contribution is 7.91. The van der Waals surface area contributed by atoms with Crippen molar-refractivity contribution in [2.75, 3.05) is 31.1 Å². The van der Waals surface area contributed by atoms with Gasteiger partial charge in [-0.1, -0.05) is 18.2 Å². The third-order valence-electron chi connectivity index (χ3n) is 4.79. The predicted octanol–water partition coefficient (Wildman–Crippen LogP) is 2.42. The summed E-state index contributed by atoms with van der Waals surface area (Å²) in [7, 11) is -1.72. The molecular weight excluding hydrogens is 334 g/mol. The number of nitrogens with zero attached hydrogens (tertiary/aromatic N) is 2. The summed E-state index contributed by atoms with van der Waals surface area (Å²) in [6, 6.07) is 16.5. The second kappa shape index (κ2) is 6.20. The van der Waals surface area contributed by atoms with E-state index in [2.05, 4.69) is 22.3 Å². The van der Waals surface area contributed by atoms with Crippen LogP contribution in [0, 0.1) is 0 Å². The topological polar surface area (TPSA) is 54.3 Å². The number of sulfone groups is 1. The van der Waals surface area contributed by atoms with Gasteiger partial charge >= 0.3 is 0 Å². The van der Waals surface area contributed by atoms with Crippen molar-refractivity contribution in [3.8, 4) is 0 Å². The normalized spacial score (nSPS) is 15.6. The Bertz CT molecular complexity index is 1000. The number of fused-ring (bicyclic) bond motifs is 1. The van der Waals surface area contributed by atoms with Crippen molar-refractivity contribution in [1.82, 2.24) is 9.88 Å². The zero-order chi connectivity index (χ0) is 17.4. The van der Waals surface area contributed by atoms with Gasteiger partial charge in [0.25, 0.3) is 0 Å². The smallest absolute Gasteiger partial charge is 0.222 e. The Morgan fingerprint density at radius 1 is 0.960 bits per heavy atom. The lowest BCUT2D eigenvalue weighted by Gasteiger charge is -2.29. The SMILES string of the molecule is Cn1c(S(=O)(=O)c2ccccc2)cc2cc(N3CCNCC3)ccc21. The van der Waals surface area contributed by atoms with Crippen LogP contribution >= 0.6 is 0 Å². The third-order valence-corrected chi connectivity index (χ3v) is 6.63. The Hall–Kier alpha value is -2.31. The summed E-state index contributed by atoms with van der Waals surface area (Å²) in [6.45, 7) is 3.88. The van der Waals surface area contributed by atoms with Gasteiger partial charge in [0.15, 0.2) is 0 Å². The summed E-state index contributed by atoms with van der Waals surface area (Å²) < 4.78 is 27.7. The van der Waals surface area contributed by atoms with E-state index in [9.17, 15) is 8.42 Å². The van der Waals surface area contributed by atoms with Crippen LogP contribution in [0.15, 0.2) is 64.5 Å². The maximum Gasteiger partial charge on any atom is 0.222 e. The molecule has 6 heteroatoms. The molecule has 25 heavy (non-hydrogen) atoms. The number of piperazine rings is 1. The first-order valence-electron chi connectivity index (χ1n) is 8.43. The van der Waals surface area contributed by atoms with Gasteiger partial charge in [0, 0.05) is 49.8 Å². The maximum atomic E-state index is 13.0. The Labute approximate surface area is 147 Å². The van der Waals surface area contributed by atoms with E-state index < -0.39 is 9.84 Å². The van der Waals surface area contributed by atoms with Crippen LogP contribution in [0.5, 0.6) is 0 Å². The van der Waals surface area contributed by atoms with E-state index in [0.29, 0.717) is 9.92 Å². The molecule has 0 spiro atoms. The summed E-state index contributed by atoms with van der Waals surface area (Å²) >= 11 is 0. The lowest BCUT2D eigenvalue weighted by atomic mass is 10.2. The molecule has 0 atom stereocenters. The largest absolute Gasteiger partial charge is 0.369 e. The molecular formula is C19H21N3O2S. The van der Waals surface area contributed by atoms with Crippen molar-refractivity contribution in [2.24, 2.45) is 7.05 Å². The Balaban J connectivity index is 1.79. The van der Waals surface area contributed by atoms with E-state index in [4.69, 9.17) is 0 Å². The molecule has 1 aromatic heterocycles. The van der Waals surface area contributed by atoms with Gasteiger partial charge in [-0.3, -0.25) is 0 Å². The number of hydrogen-bond acceptors (Lipinski definition) is 4. The van der Waals surface area contributed by atoms with E-state index in [0.717, 1.165) is 42.8 Å². The summed E-state index contributed by atoms with van der Waals surface area (Å²) in [4.78, 5) is 2.65. The summed E-state index contributed by atoms with van der Waals surface area (Å²) in [6.07, 6.45) is 0. The van der Waals surface area contributed by atoms with Gasteiger partial charge in [0.2, 0.25) is 9.84 Å². The molecule has 0 unspecified atom stereocenters. The van der Waals surface area contributed by atoms with E-state index in [1.54, 1.807) is 34.9 Å². The van der Waals surface area contributed by atoms with Crippen molar-refractivity contribution in [2.45, 2.75) is 9.92 Å². The molecule has 1 fully saturated rings. The standard InChI is InChI=1S/C19H21N3O2S/c1-21-18-8-7-16(22-11-9-20-10-12-22)13-15(18)14-19(21)25(23,24)17-5-3-2-4-6-17/h2-8,13-14,20H,9-12H2,1H3. The fourth-order valence-corrected chi connectivity index (χ4v) is 4.91. The highest BCUT2D eigenvalue weighted by Crippen LogP contribution is 2.30. The van der Waals surface area contributed by atoms with Gasteiger partial charge in [0.05, 0.1) is 4.90 Å². The quantitative estimate of drug-likeness (QED) is 0.784. The molecule has 0 aliphatic carbocycles. The van der Waals surface area contributed by atoms with E-state index in [1.165, 1.54) is 0 Å². The number of anilines is 1. The first-order valence-corrected chi connectivity index (χ1v) is 9.91. The fourth-order valence-electron chi connectivity index (χ4n) is 3.41. The lowest BCUT2D eigenvalue weighted by molar-refractivity contribution is 0.587. The van der Waals surface area contributed by atoms with Crippen LogP contribution in [0.3, 0.4) is 0 Å². The van der Waals surface area contributed by atoms with E-state index in [1.807, 2.05) is 19.2 Å². The van der Waals surface area contributed by atoms with Crippen LogP contribution < -0.4 is 10.2 Å². The lowest BCUT2D eigenvalue weighted by Crippen LogP contribution is -2.43. The van der Waals surface area contributed by atoms with Crippen LogP contribution in [0.4, 0.5) is 5.69 Å². The summed E-state index contributed by atoms with van der Waals surface area (Å²) in [5, 5.41) is 4.62. The van der Waals surface area contributed by atoms with Crippen LogP contribution in [0.2, 0.25) is 0 Å². The number of nitrogens with one attached hydrogen (secondary N) is 1. The van der Waals surface area contributed by atoms with Crippen molar-refractivity contribution in [1.29, 1.82) is 0 Å². The molecule has 1 N–H and O–H groups in total. The fraction of sp³-hybridized carbons (Fsp3) is 0.263. The maximum absolute atomic E-state index is 13.0. The van der Waals surface area contributed by atoms with Crippen LogP contribution in [-0.2, 0) is 16.9 Å². The van der Waals surface area contributed by atoms with Crippen molar-refractivity contribution in [3.63, 3.8) is 0 Å². The molecule has 3 aromatic rings. The molecule has 1 aliphatic rings. The Kier molecular flexibility index (Phi) is 4.01. The minimum atomic E-state index is -3.53. The molecule has 2 heterocycles. The zero-order valence-electron chi connectivity index (χ0n) is 14.1. The van der Waals surface area contributed by atoms with Crippen LogP contribution in [-0.4, -0.2) is 39.2 Å². The van der Waals surface area contributed by atoms with E-state index >= 15 is 0 Å². The van der Waals surface area contributed by atoms with Crippen molar-refractivity contribution < 1.29 is 8.42 Å². The summed E-state index contributed by atoms with van der Waals surface area (Å²) in [5.74, 6) is 0. The molecule has 1 saturated heterocycles. The van der Waals surface area contributed by atoms with E-state index in [-0.39, 0.29) is 0 Å². The molecule has 0 bridgehead atoms. The number of aryl methyl sites for hydroxylation is 1. The first kappa shape index (κ1) is 16.2. The van der Waals surface area contributed by atoms with Crippen molar-refractivity contribution >= 4 is 26.4 Å². The molecule has 0 saturated carbocycles. The van der Waals surface area contributed by atoms with Gasteiger partial charge in [0.1, 0.15) is 5.03 Å². The molecule has 130 valence electrons. The van der Waals surface area contributed by atoms with Crippen LogP contribution in [0.1, 0.15) is 0 Å². The van der Waals surface area contributed by atoms with Gasteiger partial charge < -0.3 is 14.8 Å². The second-order valence-corrected chi connectivity index (χ2v) is 8.23. The number of hydrogen-bond donors (Lipinski definition) is 1. The molecule has 1 aliphatic heterocycles. The van der Waals surface area contributed by atoms with Gasteiger partial charge in [-0.05, 0) is 36.4 Å². The molecule has 4 rings (SSSR count). The highest BCUT2D eigenvalue weighted by Gasteiger charge is 2.22. The predicted molar refractivity (Wildman–Crippen MR) is 99.9 cm³/mol. The van der Waals surface area contributed by atoms with Crippen LogP contribution in [0.25, 0.3) is 10.9 Å². The summed E-state index contributed by atoms with van der Waals surface area (Å²) in [5.41, 5.74) is 2.07. The number of benzene rings is 2. The molecule has 0 radical (unpaired) electrons. The van der Waals surface area contributed by atoms with Gasteiger partial charge in [-0.25, -0.2) is 8.42 Å². The molecule has 0 amide bonds. The third kappa shape index (κ3) is 2.81. The average molecular weight is 355 g/mol. The molecule has 5 nitrogen and oxygen atoms in total.